The molecule has 0 atom stereocenters. The van der Waals surface area contributed by atoms with Gasteiger partial charge < -0.3 is 5.21 Å². The third-order valence-corrected chi connectivity index (χ3v) is 0.936. The van der Waals surface area contributed by atoms with Crippen LogP contribution in [0.1, 0.15) is 10.4 Å². The molecule has 0 unspecified atom stereocenters. The maximum Gasteiger partial charge on any atom is 0.152 e. The smallest absolute Gasteiger partial charge is 0.152 e. The van der Waals surface area contributed by atoms with Crippen molar-refractivity contribution < 1.29 is 10.0 Å². The van der Waals surface area contributed by atoms with E-state index in [0.29, 0.717) is 0 Å². The van der Waals surface area contributed by atoms with Gasteiger partial charge in [0.05, 0.1) is 0 Å². The molecule has 4 nitrogen and oxygen atoms in total. The first kappa shape index (κ1) is 9.29. The molecule has 0 aliphatic rings. The quantitative estimate of drug-likeness (QED) is 0.379. The van der Waals surface area contributed by atoms with Gasteiger partial charge in [0, 0.05) is 5.56 Å². The molecule has 0 amide bonds. The highest BCUT2D eigenvalue weighted by Crippen LogP contribution is 1.91. The Morgan fingerprint density at radius 1 is 1.27 bits per heavy atom. The van der Waals surface area contributed by atoms with Crippen molar-refractivity contribution in [2.45, 2.75) is 0 Å². The van der Waals surface area contributed by atoms with Gasteiger partial charge in [-0.15, -0.1) is 4.91 Å². The molecule has 0 spiro atoms. The number of hydrogen-bond donors (Lipinski definition) is 1. The van der Waals surface area contributed by atoms with E-state index in [-0.39, 0.29) is 0 Å². The van der Waals surface area contributed by atoms with E-state index in [1.165, 1.54) is 5.34 Å². The topological polar surface area (TPSA) is 66.7 Å². The number of rotatable bonds is 1. The maximum absolute atomic E-state index is 10.0. The molecule has 0 bridgehead atoms. The zero-order chi connectivity index (χ0) is 8.53. The van der Waals surface area contributed by atoms with Crippen LogP contribution in [0, 0.1) is 4.91 Å². The fourth-order valence-corrected chi connectivity index (χ4v) is 0.532. The predicted molar refractivity (Wildman–Crippen MR) is 39.4 cm³/mol. The maximum atomic E-state index is 10.0. The molecule has 0 heterocycles. The first-order valence-corrected chi connectivity index (χ1v) is 2.82. The average molecular weight is 153 g/mol. The minimum atomic E-state index is 0.729. The van der Waals surface area contributed by atoms with Crippen LogP contribution < -0.4 is 0 Å². The highest BCUT2D eigenvalue weighted by Gasteiger charge is 1.79. The van der Waals surface area contributed by atoms with E-state index < -0.39 is 0 Å². The van der Waals surface area contributed by atoms with Crippen molar-refractivity contribution in [3.8, 4) is 0 Å². The summed E-state index contributed by atoms with van der Waals surface area (Å²) in [6.07, 6.45) is 0.833. The second-order valence-electron chi connectivity index (χ2n) is 1.61. The van der Waals surface area contributed by atoms with Crippen LogP contribution in [0.5, 0.6) is 0 Å². The summed E-state index contributed by atoms with van der Waals surface area (Å²) in [6, 6.07) is 9.10. The molecule has 1 aromatic rings. The van der Waals surface area contributed by atoms with Crippen LogP contribution in [0.3, 0.4) is 0 Å². The lowest BCUT2D eigenvalue weighted by atomic mass is 10.2. The Morgan fingerprint density at radius 3 is 2.00 bits per heavy atom. The van der Waals surface area contributed by atoms with Crippen molar-refractivity contribution in [3.05, 3.63) is 40.8 Å². The highest BCUT2D eigenvalue weighted by atomic mass is 16.6. The minimum absolute atomic E-state index is 0.729. The molecule has 1 N–H and O–H groups in total. The van der Waals surface area contributed by atoms with E-state index in [1.807, 2.05) is 18.2 Å². The number of hydrogen-bond acceptors (Lipinski definition) is 3. The van der Waals surface area contributed by atoms with Gasteiger partial charge in [0.2, 0.25) is 0 Å². The highest BCUT2D eigenvalue weighted by molar-refractivity contribution is 5.74. The monoisotopic (exact) mass is 153 g/mol. The van der Waals surface area contributed by atoms with Crippen LogP contribution in [0.15, 0.2) is 35.7 Å². The Kier molecular flexibility index (Phi) is 5.41. The third-order valence-electron chi connectivity index (χ3n) is 0.936. The van der Waals surface area contributed by atoms with E-state index in [1.54, 1.807) is 12.1 Å². The third kappa shape index (κ3) is 4.77. The molecule has 0 radical (unpaired) electrons. The lowest BCUT2D eigenvalue weighted by molar-refractivity contribution is 0.112. The summed E-state index contributed by atoms with van der Waals surface area (Å²) in [5, 5.41) is 7.89. The number of nitrogens with zero attached hydrogens (tertiary/aromatic N) is 1. The van der Waals surface area contributed by atoms with Gasteiger partial charge in [-0.05, 0) is 0 Å². The van der Waals surface area contributed by atoms with Gasteiger partial charge in [-0.3, -0.25) is 4.79 Å². The summed E-state index contributed by atoms with van der Waals surface area (Å²) in [6.45, 7) is 0. The van der Waals surface area contributed by atoms with Crippen molar-refractivity contribution >= 4 is 6.29 Å². The lowest BCUT2D eigenvalue weighted by Crippen LogP contribution is -1.73. The largest absolute Gasteiger partial charge is 0.379 e. The Morgan fingerprint density at radius 2 is 1.73 bits per heavy atom. The molecule has 0 saturated heterocycles. The second-order valence-corrected chi connectivity index (χ2v) is 1.61. The number of carbonyl (C=O) groups excluding carboxylic acids is 1. The molecule has 11 heavy (non-hydrogen) atoms. The van der Waals surface area contributed by atoms with Gasteiger partial charge in [0.25, 0.3) is 0 Å². The van der Waals surface area contributed by atoms with Gasteiger partial charge in [0.15, 0.2) is 5.34 Å². The molecular formula is C7H7NO3. The predicted octanol–water partition coefficient (Wildman–Crippen LogP) is 1.64. The van der Waals surface area contributed by atoms with Crippen LogP contribution >= 0.6 is 0 Å². The summed E-state index contributed by atoms with van der Waals surface area (Å²) in [5.41, 5.74) is 0.729. The lowest BCUT2D eigenvalue weighted by Gasteiger charge is -1.81. The van der Waals surface area contributed by atoms with E-state index >= 15 is 0 Å². The fourth-order valence-electron chi connectivity index (χ4n) is 0.532. The van der Waals surface area contributed by atoms with Crippen molar-refractivity contribution in [1.29, 1.82) is 0 Å². The van der Waals surface area contributed by atoms with Crippen LogP contribution in [-0.4, -0.2) is 11.5 Å². The molecule has 58 valence electrons. The summed E-state index contributed by atoms with van der Waals surface area (Å²) >= 11 is 0. The van der Waals surface area contributed by atoms with Crippen LogP contribution in [0.4, 0.5) is 0 Å². The van der Waals surface area contributed by atoms with E-state index in [2.05, 4.69) is 0 Å². The van der Waals surface area contributed by atoms with Crippen LogP contribution in [0.25, 0.3) is 0 Å². The Balaban J connectivity index is 0.000000292. The van der Waals surface area contributed by atoms with Crippen molar-refractivity contribution in [2.75, 3.05) is 0 Å². The van der Waals surface area contributed by atoms with Crippen molar-refractivity contribution in [1.82, 2.24) is 0 Å². The summed E-state index contributed by atoms with van der Waals surface area (Å²) < 4.78 is 0. The van der Waals surface area contributed by atoms with Gasteiger partial charge in [0.1, 0.15) is 6.29 Å². The van der Waals surface area contributed by atoms with E-state index in [0.717, 1.165) is 11.8 Å². The van der Waals surface area contributed by atoms with Crippen molar-refractivity contribution in [2.24, 2.45) is 5.34 Å². The number of aldehydes is 1. The van der Waals surface area contributed by atoms with Gasteiger partial charge >= 0.3 is 0 Å². The Bertz CT molecular complexity index is 210. The van der Waals surface area contributed by atoms with Crippen molar-refractivity contribution in [3.63, 3.8) is 0 Å². The van der Waals surface area contributed by atoms with Gasteiger partial charge in [-0.2, -0.15) is 0 Å². The molecule has 0 aliphatic carbocycles. The summed E-state index contributed by atoms with van der Waals surface area (Å²) in [7, 11) is 0. The van der Waals surface area contributed by atoms with E-state index in [4.69, 9.17) is 10.1 Å². The first-order chi connectivity index (χ1) is 5.35. The zero-order valence-electron chi connectivity index (χ0n) is 5.68. The van der Waals surface area contributed by atoms with Crippen LogP contribution in [0.2, 0.25) is 0 Å². The summed E-state index contributed by atoms with van der Waals surface area (Å²) in [4.78, 5) is 18.1. The van der Waals surface area contributed by atoms with Gasteiger partial charge in [-0.25, -0.2) is 0 Å². The summed E-state index contributed by atoms with van der Waals surface area (Å²) in [5.74, 6) is 0. The van der Waals surface area contributed by atoms with Gasteiger partial charge in [-0.1, -0.05) is 30.3 Å². The molecule has 0 aliphatic heterocycles. The molecule has 0 fully saturated rings. The molecule has 0 saturated carbocycles. The van der Waals surface area contributed by atoms with E-state index in [9.17, 15) is 4.79 Å². The fraction of sp³-hybridized carbons (Fsp3) is 0. The average Bonchev–Trinajstić information content (AvgIpc) is 2.08. The Labute approximate surface area is 63.4 Å². The SMILES string of the molecule is O=Cc1ccccc1.O=NO. The molecule has 4 heteroatoms. The molecular weight excluding hydrogens is 146 g/mol. The first-order valence-electron chi connectivity index (χ1n) is 2.82. The number of carbonyl (C=O) groups is 1. The second kappa shape index (κ2) is 6.41. The van der Waals surface area contributed by atoms with Crippen LogP contribution in [-0.2, 0) is 0 Å². The zero-order valence-corrected chi connectivity index (χ0v) is 5.68. The minimum Gasteiger partial charge on any atom is -0.379 e. The normalized spacial score (nSPS) is 7.27. The number of benzene rings is 1. The molecule has 1 rings (SSSR count). The standard InChI is InChI=1S/C7H6O.HNO2/c8-6-7-4-2-1-3-5-7;2-1-3/h1-6H;(H,2,3). The Hall–Kier alpha value is -1.71. The molecule has 0 aromatic heterocycles. The molecule has 1 aromatic carbocycles.